The Morgan fingerprint density at radius 1 is 0.615 bits per heavy atom. The molecule has 0 rings (SSSR count). The van der Waals surface area contributed by atoms with E-state index in [0.717, 1.165) is 32.1 Å². The van der Waals surface area contributed by atoms with Crippen LogP contribution in [-0.2, 0) is 19.1 Å². The van der Waals surface area contributed by atoms with E-state index in [9.17, 15) is 14.7 Å². The van der Waals surface area contributed by atoms with Gasteiger partial charge in [-0.1, -0.05) is 145 Å². The Bertz CT molecular complexity index is 717. The van der Waals surface area contributed by atoms with Gasteiger partial charge in [-0.3, -0.25) is 9.59 Å². The van der Waals surface area contributed by atoms with E-state index in [1.165, 1.54) is 57.8 Å². The van der Waals surface area contributed by atoms with E-state index in [-0.39, 0.29) is 31.6 Å². The van der Waals surface area contributed by atoms with E-state index >= 15 is 0 Å². The first-order chi connectivity index (χ1) is 19.1. The first-order valence-corrected chi connectivity index (χ1v) is 15.4. The second-order valence-electron chi connectivity index (χ2n) is 9.93. The molecule has 1 unspecified atom stereocenters. The molecule has 0 bridgehead atoms. The maximum absolute atomic E-state index is 12.1. The van der Waals surface area contributed by atoms with E-state index in [2.05, 4.69) is 19.9 Å². The molecule has 0 aliphatic heterocycles. The van der Waals surface area contributed by atoms with Crippen LogP contribution in [0.15, 0.2) is 60.8 Å². The molecule has 0 aliphatic carbocycles. The number of allylic oxidation sites excluding steroid dienone is 10. The van der Waals surface area contributed by atoms with Crippen molar-refractivity contribution in [3.8, 4) is 0 Å². The van der Waals surface area contributed by atoms with Crippen LogP contribution in [0.5, 0.6) is 0 Å². The summed E-state index contributed by atoms with van der Waals surface area (Å²) in [4.78, 5) is 24.0. The van der Waals surface area contributed by atoms with Crippen molar-refractivity contribution in [3.63, 3.8) is 0 Å². The van der Waals surface area contributed by atoms with Gasteiger partial charge in [-0.25, -0.2) is 0 Å². The molecule has 5 heteroatoms. The molecule has 5 nitrogen and oxygen atoms in total. The van der Waals surface area contributed by atoms with Crippen LogP contribution in [-0.4, -0.2) is 36.4 Å². The highest BCUT2D eigenvalue weighted by Crippen LogP contribution is 2.13. The number of unbranched alkanes of at least 4 members (excludes halogenated alkanes) is 12. The van der Waals surface area contributed by atoms with Crippen LogP contribution in [0.25, 0.3) is 0 Å². The van der Waals surface area contributed by atoms with Gasteiger partial charge in [0.2, 0.25) is 0 Å². The zero-order chi connectivity index (χ0) is 28.7. The summed E-state index contributed by atoms with van der Waals surface area (Å²) in [7, 11) is 0. The molecule has 0 saturated heterocycles. The van der Waals surface area contributed by atoms with Gasteiger partial charge in [-0.2, -0.15) is 0 Å². The normalized spacial score (nSPS) is 13.0. The van der Waals surface area contributed by atoms with Gasteiger partial charge in [0.15, 0.2) is 6.10 Å². The second kappa shape index (κ2) is 30.1. The molecule has 0 aromatic heterocycles. The Balaban J connectivity index is 3.76. The van der Waals surface area contributed by atoms with E-state index in [1.54, 1.807) is 0 Å². The first-order valence-electron chi connectivity index (χ1n) is 15.4. The van der Waals surface area contributed by atoms with Crippen molar-refractivity contribution in [1.29, 1.82) is 0 Å². The molecule has 0 fully saturated rings. The Morgan fingerprint density at radius 3 is 1.64 bits per heavy atom. The Labute approximate surface area is 239 Å². The Kier molecular flexibility index (Phi) is 28.3. The van der Waals surface area contributed by atoms with Crippen molar-refractivity contribution >= 4 is 11.9 Å². The molecule has 1 N–H and O–H groups in total. The van der Waals surface area contributed by atoms with Crippen LogP contribution in [0.1, 0.15) is 123 Å². The van der Waals surface area contributed by atoms with Gasteiger partial charge in [-0.15, -0.1) is 0 Å². The minimum atomic E-state index is -0.797. The second-order valence-corrected chi connectivity index (χ2v) is 9.93. The topological polar surface area (TPSA) is 72.8 Å². The zero-order valence-electron chi connectivity index (χ0n) is 24.9. The van der Waals surface area contributed by atoms with Gasteiger partial charge < -0.3 is 14.6 Å². The van der Waals surface area contributed by atoms with Crippen LogP contribution in [0.2, 0.25) is 0 Å². The minimum Gasteiger partial charge on any atom is -0.462 e. The summed E-state index contributed by atoms with van der Waals surface area (Å²) in [6.45, 7) is 3.89. The fourth-order valence-corrected chi connectivity index (χ4v) is 3.88. The van der Waals surface area contributed by atoms with Crippen molar-refractivity contribution in [2.24, 2.45) is 0 Å². The van der Waals surface area contributed by atoms with Crippen LogP contribution >= 0.6 is 0 Å². The molecule has 1 atom stereocenters. The number of hydrogen-bond acceptors (Lipinski definition) is 5. The van der Waals surface area contributed by atoms with Crippen molar-refractivity contribution < 1.29 is 24.2 Å². The van der Waals surface area contributed by atoms with Crippen LogP contribution in [0, 0.1) is 0 Å². The summed E-state index contributed by atoms with van der Waals surface area (Å²) in [5.74, 6) is -0.684. The predicted molar refractivity (Wildman–Crippen MR) is 163 cm³/mol. The third-order valence-corrected chi connectivity index (χ3v) is 6.20. The van der Waals surface area contributed by atoms with E-state index in [0.29, 0.717) is 12.8 Å². The number of hydrogen-bond donors (Lipinski definition) is 1. The summed E-state index contributed by atoms with van der Waals surface area (Å²) in [5, 5.41) is 9.46. The van der Waals surface area contributed by atoms with Gasteiger partial charge in [0.05, 0.1) is 6.61 Å². The summed E-state index contributed by atoms with van der Waals surface area (Å²) in [6.07, 6.45) is 37.0. The SMILES string of the molecule is CC/C=C/C=C/C=C/C=C/C=C/CCCC(=O)OCC(CO)OC(=O)CCCCCCCCCCCCCC. The molecule has 0 spiro atoms. The maximum atomic E-state index is 12.1. The average Bonchev–Trinajstić information content (AvgIpc) is 2.94. The predicted octanol–water partition coefficient (Wildman–Crippen LogP) is 8.89. The zero-order valence-corrected chi connectivity index (χ0v) is 24.9. The molecule has 0 radical (unpaired) electrons. The van der Waals surface area contributed by atoms with Crippen LogP contribution in [0.4, 0.5) is 0 Å². The van der Waals surface area contributed by atoms with E-state index < -0.39 is 6.10 Å². The van der Waals surface area contributed by atoms with Gasteiger partial charge in [0.25, 0.3) is 0 Å². The summed E-state index contributed by atoms with van der Waals surface area (Å²) in [5.41, 5.74) is 0. The average molecular weight is 545 g/mol. The minimum absolute atomic E-state index is 0.104. The first kappa shape index (κ1) is 36.6. The smallest absolute Gasteiger partial charge is 0.306 e. The maximum Gasteiger partial charge on any atom is 0.306 e. The highest BCUT2D eigenvalue weighted by molar-refractivity contribution is 5.70. The number of ether oxygens (including phenoxy) is 2. The number of esters is 2. The van der Waals surface area contributed by atoms with Gasteiger partial charge >= 0.3 is 11.9 Å². The molecule has 0 heterocycles. The molecule has 0 amide bonds. The highest BCUT2D eigenvalue weighted by atomic mass is 16.6. The molecular weight excluding hydrogens is 488 g/mol. The highest BCUT2D eigenvalue weighted by Gasteiger charge is 2.15. The molecule has 222 valence electrons. The molecule has 0 saturated carbocycles. The van der Waals surface area contributed by atoms with E-state index in [1.807, 2.05) is 54.7 Å². The monoisotopic (exact) mass is 544 g/mol. The van der Waals surface area contributed by atoms with Crippen molar-refractivity contribution in [2.45, 2.75) is 129 Å². The van der Waals surface area contributed by atoms with Crippen molar-refractivity contribution in [3.05, 3.63) is 60.8 Å². The quantitative estimate of drug-likeness (QED) is 0.0669. The van der Waals surface area contributed by atoms with E-state index in [4.69, 9.17) is 9.47 Å². The van der Waals surface area contributed by atoms with Gasteiger partial charge in [0.1, 0.15) is 6.61 Å². The van der Waals surface area contributed by atoms with Crippen molar-refractivity contribution in [1.82, 2.24) is 0 Å². The largest absolute Gasteiger partial charge is 0.462 e. The summed E-state index contributed by atoms with van der Waals surface area (Å²) in [6, 6.07) is 0. The van der Waals surface area contributed by atoms with Gasteiger partial charge in [-0.05, 0) is 25.7 Å². The lowest BCUT2D eigenvalue weighted by Gasteiger charge is -2.15. The third-order valence-electron chi connectivity index (χ3n) is 6.20. The summed E-state index contributed by atoms with van der Waals surface area (Å²) >= 11 is 0. The lowest BCUT2D eigenvalue weighted by molar-refractivity contribution is -0.161. The number of carbonyl (C=O) groups is 2. The molecular formula is C34H56O5. The lowest BCUT2D eigenvalue weighted by Crippen LogP contribution is -2.28. The third kappa shape index (κ3) is 28.4. The molecule has 0 aromatic carbocycles. The fraction of sp³-hybridized carbons (Fsp3) is 0.647. The molecule has 39 heavy (non-hydrogen) atoms. The van der Waals surface area contributed by atoms with Crippen molar-refractivity contribution in [2.75, 3.05) is 13.2 Å². The number of aliphatic hydroxyl groups excluding tert-OH is 1. The lowest BCUT2D eigenvalue weighted by atomic mass is 10.0. The number of aliphatic hydroxyl groups is 1. The summed E-state index contributed by atoms with van der Waals surface area (Å²) < 4.78 is 10.5. The fourth-order valence-electron chi connectivity index (χ4n) is 3.88. The molecule has 0 aromatic rings. The standard InChI is InChI=1S/C34H56O5/c1-3-5-7-9-11-13-15-17-19-20-22-24-26-28-33(36)38-31-32(30-35)39-34(37)29-27-25-23-21-18-16-14-12-10-8-6-4-2/h5,7,9,11,13,15,17,19-20,22,32,35H,3-4,6,8,10,12,14,16,18,21,23-31H2,1-2H3/b7-5+,11-9+,15-13+,19-17+,22-20+. The number of carbonyl (C=O) groups excluding carboxylic acids is 2. The Morgan fingerprint density at radius 2 is 1.10 bits per heavy atom. The number of rotatable bonds is 26. The Hall–Kier alpha value is -2.40. The van der Waals surface area contributed by atoms with Gasteiger partial charge in [0, 0.05) is 12.8 Å². The molecule has 0 aliphatic rings. The van der Waals surface area contributed by atoms with Crippen LogP contribution < -0.4 is 0 Å². The van der Waals surface area contributed by atoms with Crippen LogP contribution in [0.3, 0.4) is 0 Å².